The highest BCUT2D eigenvalue weighted by Crippen LogP contribution is 2.27. The molecule has 1 fully saturated rings. The van der Waals surface area contributed by atoms with Crippen molar-refractivity contribution < 1.29 is 9.59 Å². The fourth-order valence-corrected chi connectivity index (χ4v) is 3.28. The van der Waals surface area contributed by atoms with Crippen LogP contribution in [-0.2, 0) is 9.59 Å². The number of rotatable bonds is 5. The van der Waals surface area contributed by atoms with Crippen LogP contribution in [0, 0.1) is 12.8 Å². The van der Waals surface area contributed by atoms with Crippen molar-refractivity contribution in [3.05, 3.63) is 29.3 Å². The molecule has 5 heteroatoms. The quantitative estimate of drug-likeness (QED) is 0.871. The number of para-hydroxylation sites is 1. The zero-order chi connectivity index (χ0) is 17.7. The summed E-state index contributed by atoms with van der Waals surface area (Å²) in [7, 11) is 1.68. The highest BCUT2D eigenvalue weighted by molar-refractivity contribution is 5.94. The first-order valence-electron chi connectivity index (χ1n) is 8.75. The van der Waals surface area contributed by atoms with Gasteiger partial charge < -0.3 is 10.6 Å². The second-order valence-electron chi connectivity index (χ2n) is 6.91. The summed E-state index contributed by atoms with van der Waals surface area (Å²) in [4.78, 5) is 26.2. The van der Waals surface area contributed by atoms with Crippen LogP contribution in [0.2, 0.25) is 0 Å². The smallest absolute Gasteiger partial charge is 0.238 e. The summed E-state index contributed by atoms with van der Waals surface area (Å²) in [5.74, 6) is 0.576. The highest BCUT2D eigenvalue weighted by atomic mass is 16.2. The van der Waals surface area contributed by atoms with E-state index >= 15 is 0 Å². The molecule has 0 aliphatic carbocycles. The average Bonchev–Trinajstić information content (AvgIpc) is 2.56. The normalized spacial score (nSPS) is 16.2. The first kappa shape index (κ1) is 18.5. The molecule has 0 aromatic heterocycles. The van der Waals surface area contributed by atoms with E-state index in [9.17, 15) is 9.59 Å². The second kappa shape index (κ2) is 8.29. The molecule has 1 aliphatic rings. The van der Waals surface area contributed by atoms with Gasteiger partial charge in [-0.05, 0) is 49.9 Å². The summed E-state index contributed by atoms with van der Waals surface area (Å²) >= 11 is 0. The molecule has 0 unspecified atom stereocenters. The average molecular weight is 331 g/mol. The van der Waals surface area contributed by atoms with Crippen LogP contribution in [0.1, 0.15) is 43.7 Å². The van der Waals surface area contributed by atoms with E-state index in [1.807, 2.05) is 19.1 Å². The van der Waals surface area contributed by atoms with Gasteiger partial charge in [0.2, 0.25) is 11.8 Å². The number of aryl methyl sites for hydroxylation is 1. The minimum Gasteiger partial charge on any atom is -0.359 e. The minimum absolute atomic E-state index is 0.0181. The van der Waals surface area contributed by atoms with Gasteiger partial charge in [-0.3, -0.25) is 14.5 Å². The Morgan fingerprint density at radius 2 is 1.92 bits per heavy atom. The lowest BCUT2D eigenvalue weighted by atomic mass is 9.96. The summed E-state index contributed by atoms with van der Waals surface area (Å²) in [6.45, 7) is 8.25. The maximum Gasteiger partial charge on any atom is 0.238 e. The van der Waals surface area contributed by atoms with Crippen LogP contribution < -0.4 is 10.6 Å². The van der Waals surface area contributed by atoms with Crippen LogP contribution in [0.5, 0.6) is 0 Å². The second-order valence-corrected chi connectivity index (χ2v) is 6.91. The molecule has 1 saturated heterocycles. The van der Waals surface area contributed by atoms with Crippen molar-refractivity contribution in [3.63, 3.8) is 0 Å². The fraction of sp³-hybridized carbons (Fsp3) is 0.579. The lowest BCUT2D eigenvalue weighted by Crippen LogP contribution is -2.42. The summed E-state index contributed by atoms with van der Waals surface area (Å²) in [6.07, 6.45) is 1.63. The molecule has 0 spiro atoms. The van der Waals surface area contributed by atoms with E-state index in [2.05, 4.69) is 35.4 Å². The topological polar surface area (TPSA) is 61.4 Å². The van der Waals surface area contributed by atoms with Gasteiger partial charge in [0.1, 0.15) is 0 Å². The van der Waals surface area contributed by atoms with Crippen molar-refractivity contribution in [2.45, 2.75) is 39.5 Å². The number of amides is 2. The first-order chi connectivity index (χ1) is 11.4. The molecule has 0 atom stereocenters. The molecule has 2 rings (SSSR count). The summed E-state index contributed by atoms with van der Waals surface area (Å²) < 4.78 is 0. The predicted octanol–water partition coefficient (Wildman–Crippen LogP) is 2.51. The van der Waals surface area contributed by atoms with Crippen molar-refractivity contribution in [1.29, 1.82) is 0 Å². The first-order valence-corrected chi connectivity index (χ1v) is 8.75. The van der Waals surface area contributed by atoms with Gasteiger partial charge in [-0.1, -0.05) is 32.0 Å². The van der Waals surface area contributed by atoms with Crippen LogP contribution in [0.4, 0.5) is 5.69 Å². The molecular weight excluding hydrogens is 302 g/mol. The van der Waals surface area contributed by atoms with Crippen LogP contribution >= 0.6 is 0 Å². The van der Waals surface area contributed by atoms with Gasteiger partial charge in [-0.25, -0.2) is 0 Å². The third kappa shape index (κ3) is 4.57. The molecule has 1 heterocycles. The highest BCUT2D eigenvalue weighted by Gasteiger charge is 2.25. The molecule has 5 nitrogen and oxygen atoms in total. The van der Waals surface area contributed by atoms with E-state index in [4.69, 9.17) is 0 Å². The minimum atomic E-state index is 0.0181. The zero-order valence-electron chi connectivity index (χ0n) is 15.2. The maximum atomic E-state index is 12.4. The lowest BCUT2D eigenvalue weighted by molar-refractivity contribution is -0.126. The Kier molecular flexibility index (Phi) is 6.37. The summed E-state index contributed by atoms with van der Waals surface area (Å²) in [6, 6.07) is 6.13. The standard InChI is InChI=1S/C19H29N3O2/c1-13(2)16-7-5-6-14(3)18(16)21-17(23)12-22-10-8-15(9-11-22)19(24)20-4/h5-7,13,15H,8-12H2,1-4H3,(H,20,24)(H,21,23). The van der Waals surface area contributed by atoms with E-state index in [-0.39, 0.29) is 17.7 Å². The van der Waals surface area contributed by atoms with E-state index < -0.39 is 0 Å². The van der Waals surface area contributed by atoms with E-state index in [1.54, 1.807) is 7.05 Å². The SMILES string of the molecule is CNC(=O)C1CCN(CC(=O)Nc2c(C)cccc2C(C)C)CC1. The Labute approximate surface area is 144 Å². The number of likely N-dealkylation sites (tertiary alicyclic amines) is 1. The van der Waals surface area contributed by atoms with E-state index in [1.165, 1.54) is 5.56 Å². The lowest BCUT2D eigenvalue weighted by Gasteiger charge is -2.30. The summed E-state index contributed by atoms with van der Waals surface area (Å²) in [5.41, 5.74) is 3.20. The third-order valence-electron chi connectivity index (χ3n) is 4.76. The molecular formula is C19H29N3O2. The molecule has 1 aliphatic heterocycles. The van der Waals surface area contributed by atoms with Crippen LogP contribution in [-0.4, -0.2) is 43.4 Å². The van der Waals surface area contributed by atoms with Crippen molar-refractivity contribution in [3.8, 4) is 0 Å². The van der Waals surface area contributed by atoms with Crippen LogP contribution in [0.25, 0.3) is 0 Å². The number of benzene rings is 1. The van der Waals surface area contributed by atoms with Gasteiger partial charge in [0.25, 0.3) is 0 Å². The van der Waals surface area contributed by atoms with E-state index in [0.717, 1.165) is 37.2 Å². The molecule has 2 amide bonds. The Morgan fingerprint density at radius 1 is 1.25 bits per heavy atom. The van der Waals surface area contributed by atoms with Crippen molar-refractivity contribution >= 4 is 17.5 Å². The Morgan fingerprint density at radius 3 is 2.50 bits per heavy atom. The third-order valence-corrected chi connectivity index (χ3v) is 4.76. The number of nitrogens with zero attached hydrogens (tertiary/aromatic N) is 1. The summed E-state index contributed by atoms with van der Waals surface area (Å²) in [5, 5.41) is 5.80. The molecule has 132 valence electrons. The fourth-order valence-electron chi connectivity index (χ4n) is 3.28. The number of nitrogens with one attached hydrogen (secondary N) is 2. The zero-order valence-corrected chi connectivity index (χ0v) is 15.2. The van der Waals surface area contributed by atoms with Crippen molar-refractivity contribution in [1.82, 2.24) is 10.2 Å². The van der Waals surface area contributed by atoms with Gasteiger partial charge in [0.15, 0.2) is 0 Å². The number of piperidine rings is 1. The Bertz CT molecular complexity index is 590. The van der Waals surface area contributed by atoms with Crippen molar-refractivity contribution in [2.75, 3.05) is 32.0 Å². The maximum absolute atomic E-state index is 12.4. The van der Waals surface area contributed by atoms with Gasteiger partial charge in [0, 0.05) is 18.7 Å². The van der Waals surface area contributed by atoms with Crippen LogP contribution in [0.3, 0.4) is 0 Å². The Balaban J connectivity index is 1.92. The molecule has 2 N–H and O–H groups in total. The Hall–Kier alpha value is -1.88. The largest absolute Gasteiger partial charge is 0.359 e. The van der Waals surface area contributed by atoms with Crippen molar-refractivity contribution in [2.24, 2.45) is 5.92 Å². The molecule has 0 bridgehead atoms. The molecule has 24 heavy (non-hydrogen) atoms. The predicted molar refractivity (Wildman–Crippen MR) is 97.1 cm³/mol. The monoisotopic (exact) mass is 331 g/mol. The number of carbonyl (C=O) groups excluding carboxylic acids is 2. The van der Waals surface area contributed by atoms with Gasteiger partial charge in [-0.15, -0.1) is 0 Å². The van der Waals surface area contributed by atoms with Gasteiger partial charge in [-0.2, -0.15) is 0 Å². The van der Waals surface area contributed by atoms with E-state index in [0.29, 0.717) is 12.5 Å². The molecule has 1 aromatic rings. The van der Waals surface area contributed by atoms with Gasteiger partial charge in [0.05, 0.1) is 6.54 Å². The number of hydrogen-bond donors (Lipinski definition) is 2. The molecule has 0 saturated carbocycles. The number of anilines is 1. The number of carbonyl (C=O) groups is 2. The molecule has 0 radical (unpaired) electrons. The number of hydrogen-bond acceptors (Lipinski definition) is 3. The molecule has 1 aromatic carbocycles. The van der Waals surface area contributed by atoms with Crippen LogP contribution in [0.15, 0.2) is 18.2 Å². The van der Waals surface area contributed by atoms with Gasteiger partial charge >= 0.3 is 0 Å².